The molecule has 0 fully saturated rings. The van der Waals surface area contributed by atoms with Gasteiger partial charge in [-0.15, -0.1) is 0 Å². The van der Waals surface area contributed by atoms with Crippen molar-refractivity contribution in [1.29, 1.82) is 5.26 Å². The van der Waals surface area contributed by atoms with Gasteiger partial charge in [0.05, 0.1) is 11.1 Å². The monoisotopic (exact) mass is 377 g/mol. The van der Waals surface area contributed by atoms with Crippen LogP contribution in [0.2, 0.25) is 0 Å². The number of nitriles is 1. The van der Waals surface area contributed by atoms with Crippen LogP contribution in [0.1, 0.15) is 6.42 Å². The van der Waals surface area contributed by atoms with E-state index in [1.165, 1.54) is 16.4 Å². The Hall–Kier alpha value is -3.11. The van der Waals surface area contributed by atoms with Crippen molar-refractivity contribution in [3.63, 3.8) is 0 Å². The highest BCUT2D eigenvalue weighted by Gasteiger charge is 2.11. The second-order valence-electron chi connectivity index (χ2n) is 5.77. The third kappa shape index (κ3) is 4.36. The maximum Gasteiger partial charge on any atom is 0.274 e. The smallest absolute Gasteiger partial charge is 0.272 e. The third-order valence-electron chi connectivity index (χ3n) is 4.05. The van der Waals surface area contributed by atoms with Crippen LogP contribution in [0, 0.1) is 11.5 Å². The van der Waals surface area contributed by atoms with Gasteiger partial charge in [-0.1, -0.05) is 60.3 Å². The summed E-state index contributed by atoms with van der Waals surface area (Å²) in [6.45, 7) is 0.966. The topological polar surface area (TPSA) is 83.1 Å². The first-order chi connectivity index (χ1) is 13.2. The van der Waals surface area contributed by atoms with Gasteiger partial charge >= 0.3 is 0 Å². The predicted octanol–water partition coefficient (Wildman–Crippen LogP) is 3.24. The highest BCUT2D eigenvalue weighted by molar-refractivity contribution is 8.13. The Labute approximate surface area is 161 Å². The van der Waals surface area contributed by atoms with Gasteiger partial charge in [-0.2, -0.15) is 10.4 Å². The van der Waals surface area contributed by atoms with Gasteiger partial charge < -0.3 is 0 Å². The van der Waals surface area contributed by atoms with E-state index in [4.69, 9.17) is 5.26 Å². The average molecular weight is 377 g/mol. The fraction of sp³-hybridized carbons (Fsp3) is 0.200. The molecule has 0 radical (unpaired) electrons. The Kier molecular flexibility index (Phi) is 6.23. The molecule has 1 heterocycles. The number of fused-ring (bicyclic) bond motifs is 1. The van der Waals surface area contributed by atoms with Gasteiger partial charge in [-0.05, 0) is 18.7 Å². The van der Waals surface area contributed by atoms with E-state index in [0.29, 0.717) is 30.1 Å². The predicted molar refractivity (Wildman–Crippen MR) is 111 cm³/mol. The highest BCUT2D eigenvalue weighted by atomic mass is 32.2. The lowest BCUT2D eigenvalue weighted by molar-refractivity contribution is 0.562. The lowest BCUT2D eigenvalue weighted by Crippen LogP contribution is -2.24. The molecule has 27 heavy (non-hydrogen) atoms. The van der Waals surface area contributed by atoms with Crippen LogP contribution in [0.15, 0.2) is 64.4 Å². The van der Waals surface area contributed by atoms with Crippen LogP contribution >= 0.6 is 11.8 Å². The van der Waals surface area contributed by atoms with Crippen LogP contribution in [0.5, 0.6) is 0 Å². The number of thioether (sulfide) groups is 1. The van der Waals surface area contributed by atoms with Crippen molar-refractivity contribution in [2.75, 3.05) is 12.8 Å². The quantitative estimate of drug-likeness (QED) is 0.243. The molecule has 0 aliphatic carbocycles. The number of nitrogens with one attached hydrogen (secondary N) is 1. The maximum absolute atomic E-state index is 12.8. The lowest BCUT2D eigenvalue weighted by Gasteiger charge is -2.11. The molecule has 3 rings (SSSR count). The number of aromatic nitrogens is 2. The van der Waals surface area contributed by atoms with E-state index in [-0.39, 0.29) is 5.56 Å². The Balaban J connectivity index is 1.91. The van der Waals surface area contributed by atoms with E-state index in [1.807, 2.05) is 67.0 Å². The minimum absolute atomic E-state index is 0.102. The summed E-state index contributed by atoms with van der Waals surface area (Å²) >= 11 is 1.38. The molecule has 0 amide bonds. The molecule has 7 heteroatoms. The van der Waals surface area contributed by atoms with Gasteiger partial charge in [0, 0.05) is 24.0 Å². The van der Waals surface area contributed by atoms with Gasteiger partial charge in [-0.25, -0.2) is 4.68 Å². The van der Waals surface area contributed by atoms with Gasteiger partial charge in [0.1, 0.15) is 0 Å². The van der Waals surface area contributed by atoms with E-state index in [2.05, 4.69) is 15.4 Å². The minimum Gasteiger partial charge on any atom is -0.272 e. The highest BCUT2D eigenvalue weighted by Crippen LogP contribution is 2.24. The molecule has 1 aromatic heterocycles. The van der Waals surface area contributed by atoms with Gasteiger partial charge in [-0.3, -0.25) is 15.1 Å². The van der Waals surface area contributed by atoms with Crippen molar-refractivity contribution in [3.8, 4) is 17.5 Å². The van der Waals surface area contributed by atoms with E-state index >= 15 is 0 Å². The Morgan fingerprint density at radius 1 is 1.19 bits per heavy atom. The number of benzene rings is 2. The number of aryl methyl sites for hydroxylation is 1. The first-order valence-corrected chi connectivity index (χ1v) is 9.76. The fourth-order valence-corrected chi connectivity index (χ4v) is 3.17. The van der Waals surface area contributed by atoms with Crippen LogP contribution in [-0.4, -0.2) is 27.7 Å². The number of rotatable bonds is 5. The van der Waals surface area contributed by atoms with Crippen molar-refractivity contribution in [3.05, 3.63) is 65.0 Å². The van der Waals surface area contributed by atoms with Gasteiger partial charge in [0.25, 0.3) is 5.56 Å². The summed E-state index contributed by atoms with van der Waals surface area (Å²) in [5, 5.41) is 17.9. The molecule has 136 valence electrons. The summed E-state index contributed by atoms with van der Waals surface area (Å²) in [6.07, 6.45) is 4.36. The molecule has 6 nitrogen and oxygen atoms in total. The van der Waals surface area contributed by atoms with E-state index < -0.39 is 0 Å². The molecule has 0 spiro atoms. The van der Waals surface area contributed by atoms with Crippen LogP contribution in [-0.2, 0) is 6.54 Å². The summed E-state index contributed by atoms with van der Waals surface area (Å²) < 4.78 is 1.51. The third-order valence-corrected chi connectivity index (χ3v) is 4.67. The molecule has 0 saturated heterocycles. The summed E-state index contributed by atoms with van der Waals surface area (Å²) in [4.78, 5) is 17.1. The fourth-order valence-electron chi connectivity index (χ4n) is 2.80. The maximum atomic E-state index is 12.8. The number of aliphatic imine (C=N–C) groups is 1. The largest absolute Gasteiger partial charge is 0.274 e. The van der Waals surface area contributed by atoms with Crippen LogP contribution < -0.4 is 10.9 Å². The zero-order valence-electron chi connectivity index (χ0n) is 14.9. The van der Waals surface area contributed by atoms with Crippen molar-refractivity contribution >= 4 is 27.7 Å². The molecule has 0 unspecified atom stereocenters. The van der Waals surface area contributed by atoms with Crippen molar-refractivity contribution in [1.82, 2.24) is 15.1 Å². The average Bonchev–Trinajstić information content (AvgIpc) is 2.72. The van der Waals surface area contributed by atoms with Crippen molar-refractivity contribution in [2.45, 2.75) is 13.0 Å². The lowest BCUT2D eigenvalue weighted by atomic mass is 10.1. The van der Waals surface area contributed by atoms with Crippen LogP contribution in [0.4, 0.5) is 0 Å². The number of nitrogens with zero attached hydrogens (tertiary/aromatic N) is 4. The molecule has 0 aliphatic heterocycles. The zero-order valence-corrected chi connectivity index (χ0v) is 15.7. The molecule has 0 saturated carbocycles. The van der Waals surface area contributed by atoms with Crippen molar-refractivity contribution < 1.29 is 0 Å². The number of hydrogen-bond acceptors (Lipinski definition) is 5. The molecule has 0 aliphatic rings. The van der Waals surface area contributed by atoms with Crippen LogP contribution in [0.25, 0.3) is 22.0 Å². The second kappa shape index (κ2) is 9.01. The van der Waals surface area contributed by atoms with E-state index in [1.54, 1.807) is 0 Å². The second-order valence-corrected chi connectivity index (χ2v) is 6.56. The van der Waals surface area contributed by atoms with Crippen LogP contribution in [0.3, 0.4) is 0 Å². The molecule has 0 bridgehead atoms. The van der Waals surface area contributed by atoms with Gasteiger partial charge in [0.2, 0.25) is 0 Å². The van der Waals surface area contributed by atoms with E-state index in [0.717, 1.165) is 16.6 Å². The molecule has 3 aromatic rings. The summed E-state index contributed by atoms with van der Waals surface area (Å²) in [6, 6.07) is 17.4. The normalized spacial score (nSPS) is 11.3. The Bertz CT molecular complexity index is 1050. The summed E-state index contributed by atoms with van der Waals surface area (Å²) in [5.41, 5.74) is 1.67. The molecular weight excluding hydrogens is 358 g/mol. The molecule has 2 aromatic carbocycles. The molecule has 1 N–H and O–H groups in total. The first-order valence-electron chi connectivity index (χ1n) is 8.53. The van der Waals surface area contributed by atoms with Crippen molar-refractivity contribution in [2.24, 2.45) is 4.99 Å². The Morgan fingerprint density at radius 3 is 2.59 bits per heavy atom. The Morgan fingerprint density at radius 2 is 1.89 bits per heavy atom. The molecule has 0 atom stereocenters. The minimum atomic E-state index is -0.102. The first kappa shape index (κ1) is 18.7. The molecular formula is C20H19N5OS. The standard InChI is InChI=1S/C20H19N5OS/c1-27-20(23-14-21)22-12-7-13-25-19(26)17-11-6-5-10-16(17)18(24-25)15-8-3-2-4-9-15/h2-6,8-11H,7,12-13H2,1H3,(H,22,23). The zero-order chi connectivity index (χ0) is 19.1. The summed E-state index contributed by atoms with van der Waals surface area (Å²) in [7, 11) is 0. The number of amidine groups is 1. The number of hydrogen-bond donors (Lipinski definition) is 1. The summed E-state index contributed by atoms with van der Waals surface area (Å²) in [5.74, 6) is 0. The van der Waals surface area contributed by atoms with Gasteiger partial charge in [0.15, 0.2) is 11.4 Å². The SMILES string of the molecule is CSC(=NCCCn1nc(-c2ccccc2)c2ccccc2c1=O)NC#N. The van der Waals surface area contributed by atoms with E-state index in [9.17, 15) is 4.79 Å².